The summed E-state index contributed by atoms with van der Waals surface area (Å²) in [5.41, 5.74) is 1.58. The van der Waals surface area contributed by atoms with Gasteiger partial charge in [-0.25, -0.2) is 4.98 Å². The van der Waals surface area contributed by atoms with Gasteiger partial charge in [-0.15, -0.1) is 0 Å². The maximum absolute atomic E-state index is 12.3. The summed E-state index contributed by atoms with van der Waals surface area (Å²) in [5, 5.41) is 3.86. The van der Waals surface area contributed by atoms with Gasteiger partial charge in [-0.3, -0.25) is 4.79 Å². The summed E-state index contributed by atoms with van der Waals surface area (Å²) < 4.78 is 8.52. The molecule has 0 spiro atoms. The highest BCUT2D eigenvalue weighted by atomic mass is 32.1. The summed E-state index contributed by atoms with van der Waals surface area (Å²) >= 11 is 1.58. The Kier molecular flexibility index (Phi) is 3.85. The molecule has 1 aliphatic heterocycles. The largest absolute Gasteiger partial charge is 0.376 e. The summed E-state index contributed by atoms with van der Waals surface area (Å²) in [7, 11) is 0. The molecular weight excluding hydrogens is 310 g/mol. The van der Waals surface area contributed by atoms with Crippen molar-refractivity contribution in [2.75, 3.05) is 13.2 Å². The first-order valence-corrected chi connectivity index (χ1v) is 8.55. The number of nitrogens with one attached hydrogen (secondary N) is 1. The number of carbonyl (C=O) groups excluding carboxylic acids is 1. The topological polar surface area (TPSA) is 56.1 Å². The van der Waals surface area contributed by atoms with Gasteiger partial charge in [-0.05, 0) is 43.2 Å². The third-order valence-electron chi connectivity index (χ3n) is 3.98. The van der Waals surface area contributed by atoms with E-state index >= 15 is 0 Å². The minimum absolute atomic E-state index is 0.0571. The molecule has 1 saturated heterocycles. The number of ether oxygens (including phenoxy) is 1. The first-order chi connectivity index (χ1) is 11.3. The van der Waals surface area contributed by atoms with Crippen LogP contribution in [0.4, 0.5) is 0 Å². The molecule has 1 N–H and O–H groups in total. The number of nitrogens with zero attached hydrogens (tertiary/aromatic N) is 2. The van der Waals surface area contributed by atoms with Crippen molar-refractivity contribution in [1.82, 2.24) is 14.9 Å². The van der Waals surface area contributed by atoms with Gasteiger partial charge in [0.1, 0.15) is 0 Å². The molecule has 0 aliphatic carbocycles. The Morgan fingerprint density at radius 3 is 3.04 bits per heavy atom. The molecule has 5 nitrogen and oxygen atoms in total. The molecule has 0 bridgehead atoms. The number of rotatable bonds is 4. The number of hydrogen-bond donors (Lipinski definition) is 1. The SMILES string of the molecule is O=C(NCC1CCCO1)c1ccc2nc(-n3cccc3)sc2c1. The van der Waals surface area contributed by atoms with Crippen LogP contribution in [-0.4, -0.2) is 34.7 Å². The van der Waals surface area contributed by atoms with Gasteiger partial charge in [0.05, 0.1) is 16.3 Å². The Hall–Kier alpha value is -2.18. The van der Waals surface area contributed by atoms with E-state index in [2.05, 4.69) is 10.3 Å². The molecule has 3 aromatic rings. The Labute approximate surface area is 137 Å². The van der Waals surface area contributed by atoms with Gasteiger partial charge in [0.25, 0.3) is 5.91 Å². The van der Waals surface area contributed by atoms with Crippen LogP contribution in [0, 0.1) is 0 Å². The molecule has 2 aromatic heterocycles. The van der Waals surface area contributed by atoms with Crippen molar-refractivity contribution in [1.29, 1.82) is 0 Å². The molecule has 118 valence electrons. The zero-order chi connectivity index (χ0) is 15.6. The molecule has 0 saturated carbocycles. The molecule has 4 rings (SSSR count). The molecule has 1 aliphatic rings. The molecule has 1 unspecified atom stereocenters. The quantitative estimate of drug-likeness (QED) is 0.801. The van der Waals surface area contributed by atoms with E-state index in [0.717, 1.165) is 34.8 Å². The second-order valence-electron chi connectivity index (χ2n) is 5.61. The minimum atomic E-state index is -0.0571. The lowest BCUT2D eigenvalue weighted by Crippen LogP contribution is -2.31. The lowest BCUT2D eigenvalue weighted by atomic mass is 10.2. The van der Waals surface area contributed by atoms with Crippen molar-refractivity contribution in [3.8, 4) is 5.13 Å². The number of fused-ring (bicyclic) bond motifs is 1. The number of carbonyl (C=O) groups is 1. The lowest BCUT2D eigenvalue weighted by Gasteiger charge is -2.10. The van der Waals surface area contributed by atoms with Crippen LogP contribution in [0.3, 0.4) is 0 Å². The van der Waals surface area contributed by atoms with Crippen LogP contribution >= 0.6 is 11.3 Å². The zero-order valence-corrected chi connectivity index (χ0v) is 13.4. The van der Waals surface area contributed by atoms with E-state index in [1.165, 1.54) is 0 Å². The van der Waals surface area contributed by atoms with Crippen LogP contribution in [0.2, 0.25) is 0 Å². The highest BCUT2D eigenvalue weighted by Crippen LogP contribution is 2.26. The van der Waals surface area contributed by atoms with Crippen LogP contribution in [-0.2, 0) is 4.74 Å². The highest BCUT2D eigenvalue weighted by molar-refractivity contribution is 7.20. The maximum Gasteiger partial charge on any atom is 0.251 e. The first kappa shape index (κ1) is 14.4. The lowest BCUT2D eigenvalue weighted by molar-refractivity contribution is 0.0858. The summed E-state index contributed by atoms with van der Waals surface area (Å²) in [6.45, 7) is 1.38. The number of amides is 1. The zero-order valence-electron chi connectivity index (χ0n) is 12.6. The van der Waals surface area contributed by atoms with E-state index in [1.54, 1.807) is 11.3 Å². The number of hydrogen-bond acceptors (Lipinski definition) is 4. The number of benzene rings is 1. The summed E-state index contributed by atoms with van der Waals surface area (Å²) in [6.07, 6.45) is 6.19. The standard InChI is InChI=1S/C17H17N3O2S/c21-16(18-11-13-4-3-9-22-13)12-5-6-14-15(10-12)23-17(19-14)20-7-1-2-8-20/h1-2,5-8,10,13H,3-4,9,11H2,(H,18,21). The molecule has 1 amide bonds. The van der Waals surface area contributed by atoms with Crippen molar-refractivity contribution >= 4 is 27.5 Å². The molecule has 3 heterocycles. The van der Waals surface area contributed by atoms with Crippen molar-refractivity contribution < 1.29 is 9.53 Å². The number of aromatic nitrogens is 2. The second kappa shape index (κ2) is 6.14. The third-order valence-corrected chi connectivity index (χ3v) is 5.01. The van der Waals surface area contributed by atoms with Gasteiger partial charge in [-0.2, -0.15) is 0 Å². The molecule has 1 fully saturated rings. The Bertz CT molecular complexity index is 820. The average Bonchev–Trinajstić information content (AvgIpc) is 3.32. The predicted octanol–water partition coefficient (Wildman–Crippen LogP) is 3.00. The molecule has 23 heavy (non-hydrogen) atoms. The third kappa shape index (κ3) is 3.00. The summed E-state index contributed by atoms with van der Waals surface area (Å²) in [5.74, 6) is -0.0571. The Morgan fingerprint density at radius 1 is 1.39 bits per heavy atom. The smallest absolute Gasteiger partial charge is 0.251 e. The van der Waals surface area contributed by atoms with Gasteiger partial charge >= 0.3 is 0 Å². The van der Waals surface area contributed by atoms with E-state index < -0.39 is 0 Å². The van der Waals surface area contributed by atoms with E-state index in [1.807, 2.05) is 47.3 Å². The number of thiazole rings is 1. The van der Waals surface area contributed by atoms with Crippen LogP contribution in [0.5, 0.6) is 0 Å². The molecule has 1 atom stereocenters. The predicted molar refractivity (Wildman–Crippen MR) is 90.3 cm³/mol. The van der Waals surface area contributed by atoms with Gasteiger partial charge in [0, 0.05) is 31.1 Å². The molecule has 1 aromatic carbocycles. The van der Waals surface area contributed by atoms with Gasteiger partial charge in [0.15, 0.2) is 5.13 Å². The first-order valence-electron chi connectivity index (χ1n) is 7.73. The van der Waals surface area contributed by atoms with Crippen molar-refractivity contribution in [3.05, 3.63) is 48.3 Å². The van der Waals surface area contributed by atoms with E-state index in [4.69, 9.17) is 4.74 Å². The van der Waals surface area contributed by atoms with Gasteiger partial charge in [-0.1, -0.05) is 11.3 Å². The van der Waals surface area contributed by atoms with Gasteiger partial charge in [0.2, 0.25) is 0 Å². The van der Waals surface area contributed by atoms with E-state index in [0.29, 0.717) is 12.1 Å². The van der Waals surface area contributed by atoms with E-state index in [9.17, 15) is 4.79 Å². The van der Waals surface area contributed by atoms with Crippen molar-refractivity contribution in [2.24, 2.45) is 0 Å². The van der Waals surface area contributed by atoms with Crippen LogP contribution in [0.25, 0.3) is 15.3 Å². The normalized spacial score (nSPS) is 17.7. The minimum Gasteiger partial charge on any atom is -0.376 e. The fraction of sp³-hybridized carbons (Fsp3) is 0.294. The fourth-order valence-electron chi connectivity index (χ4n) is 2.74. The average molecular weight is 327 g/mol. The molecule has 6 heteroatoms. The Morgan fingerprint density at radius 2 is 2.26 bits per heavy atom. The van der Waals surface area contributed by atoms with Crippen LogP contribution in [0.1, 0.15) is 23.2 Å². The highest BCUT2D eigenvalue weighted by Gasteiger charge is 2.17. The second-order valence-corrected chi connectivity index (χ2v) is 6.62. The van der Waals surface area contributed by atoms with Crippen molar-refractivity contribution in [3.63, 3.8) is 0 Å². The summed E-state index contributed by atoms with van der Waals surface area (Å²) in [6, 6.07) is 9.57. The van der Waals surface area contributed by atoms with E-state index in [-0.39, 0.29) is 12.0 Å². The van der Waals surface area contributed by atoms with Crippen LogP contribution < -0.4 is 5.32 Å². The molecular formula is C17H17N3O2S. The van der Waals surface area contributed by atoms with Gasteiger partial charge < -0.3 is 14.6 Å². The fourth-order valence-corrected chi connectivity index (χ4v) is 3.71. The summed E-state index contributed by atoms with van der Waals surface area (Å²) in [4.78, 5) is 16.9. The Balaban J connectivity index is 1.52. The van der Waals surface area contributed by atoms with Crippen LogP contribution in [0.15, 0.2) is 42.7 Å². The maximum atomic E-state index is 12.3. The van der Waals surface area contributed by atoms with Crippen molar-refractivity contribution in [2.45, 2.75) is 18.9 Å². The molecule has 0 radical (unpaired) electrons. The monoisotopic (exact) mass is 327 g/mol.